The fourth-order valence-corrected chi connectivity index (χ4v) is 4.85. The van der Waals surface area contributed by atoms with E-state index in [2.05, 4.69) is 24.1 Å². The van der Waals surface area contributed by atoms with Gasteiger partial charge in [-0.25, -0.2) is 4.79 Å². The summed E-state index contributed by atoms with van der Waals surface area (Å²) in [7, 11) is 0. The topological polar surface area (TPSA) is 68.3 Å². The minimum atomic E-state index is -0.544. The standard InChI is InChI=1S/C20H30N2O3S/c1-12-9-15(10-13(2)18(12)26-14(3)23)16-7-8-21-11-17(16)22-19(24)25-20(4,5)6/h7-8,11-13,15,18H,9-10H2,1-6H3,(H,22,24)/t12-,13+,15?,18?. The second kappa shape index (κ2) is 8.42. The van der Waals surface area contributed by atoms with Crippen LogP contribution >= 0.6 is 11.8 Å². The van der Waals surface area contributed by atoms with Gasteiger partial charge in [0.05, 0.1) is 11.9 Å². The van der Waals surface area contributed by atoms with Crippen molar-refractivity contribution < 1.29 is 14.3 Å². The van der Waals surface area contributed by atoms with E-state index in [1.54, 1.807) is 19.3 Å². The second-order valence-electron chi connectivity index (χ2n) is 8.29. The number of rotatable bonds is 3. The molecule has 0 aromatic carbocycles. The maximum atomic E-state index is 12.2. The predicted molar refractivity (Wildman–Crippen MR) is 106 cm³/mol. The normalized spacial score (nSPS) is 26.2. The third-order valence-corrected chi connectivity index (χ3v) is 6.20. The number of carbonyl (C=O) groups is 2. The van der Waals surface area contributed by atoms with Gasteiger partial charge in [-0.3, -0.25) is 15.1 Å². The van der Waals surface area contributed by atoms with Crippen molar-refractivity contribution in [3.63, 3.8) is 0 Å². The number of nitrogens with zero attached hydrogens (tertiary/aromatic N) is 1. The third-order valence-electron chi connectivity index (χ3n) is 4.67. The van der Waals surface area contributed by atoms with Crippen LogP contribution in [0.2, 0.25) is 0 Å². The molecule has 1 heterocycles. The number of carbonyl (C=O) groups excluding carboxylic acids is 2. The molecule has 144 valence electrons. The smallest absolute Gasteiger partial charge is 0.412 e. The van der Waals surface area contributed by atoms with Gasteiger partial charge in [0.2, 0.25) is 0 Å². The summed E-state index contributed by atoms with van der Waals surface area (Å²) in [6.07, 6.45) is 4.96. The van der Waals surface area contributed by atoms with Crippen molar-refractivity contribution in [1.29, 1.82) is 0 Å². The molecular weight excluding hydrogens is 348 g/mol. The van der Waals surface area contributed by atoms with Crippen LogP contribution in [0.5, 0.6) is 0 Å². The van der Waals surface area contributed by atoms with Gasteiger partial charge in [-0.15, -0.1) is 0 Å². The molecule has 0 saturated heterocycles. The van der Waals surface area contributed by atoms with Crippen molar-refractivity contribution in [3.05, 3.63) is 24.0 Å². The molecule has 0 spiro atoms. The first kappa shape index (κ1) is 20.7. The van der Waals surface area contributed by atoms with E-state index in [4.69, 9.17) is 4.74 Å². The Morgan fingerprint density at radius 2 is 1.85 bits per heavy atom. The van der Waals surface area contributed by atoms with Gasteiger partial charge < -0.3 is 4.74 Å². The number of hydrogen-bond acceptors (Lipinski definition) is 5. The molecule has 1 aromatic heterocycles. The number of aromatic nitrogens is 1. The Morgan fingerprint density at radius 1 is 1.23 bits per heavy atom. The Balaban J connectivity index is 2.15. The first-order valence-electron chi connectivity index (χ1n) is 9.18. The van der Waals surface area contributed by atoms with E-state index in [1.165, 1.54) is 11.8 Å². The van der Waals surface area contributed by atoms with Crippen molar-refractivity contribution in [2.24, 2.45) is 11.8 Å². The number of amides is 1. The van der Waals surface area contributed by atoms with Crippen LogP contribution < -0.4 is 5.32 Å². The minimum Gasteiger partial charge on any atom is -0.444 e. The Kier molecular flexibility index (Phi) is 6.72. The van der Waals surface area contributed by atoms with Crippen LogP contribution in [0.15, 0.2) is 18.5 Å². The molecule has 6 heteroatoms. The lowest BCUT2D eigenvalue weighted by Gasteiger charge is -2.39. The lowest BCUT2D eigenvalue weighted by atomic mass is 9.73. The predicted octanol–water partition coefficient (Wildman–Crippen LogP) is 5.23. The molecular formula is C20H30N2O3S. The quantitative estimate of drug-likeness (QED) is 0.780. The zero-order valence-corrected chi connectivity index (χ0v) is 17.4. The summed E-state index contributed by atoms with van der Waals surface area (Å²) in [5.41, 5.74) is 1.26. The average molecular weight is 379 g/mol. The van der Waals surface area contributed by atoms with Crippen LogP contribution in [-0.4, -0.2) is 27.0 Å². The van der Waals surface area contributed by atoms with Crippen molar-refractivity contribution in [3.8, 4) is 0 Å². The highest BCUT2D eigenvalue weighted by molar-refractivity contribution is 8.14. The fourth-order valence-electron chi connectivity index (χ4n) is 3.78. The van der Waals surface area contributed by atoms with Crippen molar-refractivity contribution in [2.75, 3.05) is 5.32 Å². The average Bonchev–Trinajstić information content (AvgIpc) is 2.49. The lowest BCUT2D eigenvalue weighted by molar-refractivity contribution is -0.109. The largest absolute Gasteiger partial charge is 0.444 e. The Bertz CT molecular complexity index is 645. The second-order valence-corrected chi connectivity index (χ2v) is 9.64. The van der Waals surface area contributed by atoms with E-state index in [0.717, 1.165) is 18.4 Å². The molecule has 0 bridgehead atoms. The Morgan fingerprint density at radius 3 is 2.38 bits per heavy atom. The summed E-state index contributed by atoms with van der Waals surface area (Å²) < 4.78 is 5.37. The molecule has 1 amide bonds. The van der Waals surface area contributed by atoms with Crippen LogP contribution in [0.1, 0.15) is 65.9 Å². The summed E-state index contributed by atoms with van der Waals surface area (Å²) >= 11 is 1.47. The maximum Gasteiger partial charge on any atom is 0.412 e. The van der Waals surface area contributed by atoms with Gasteiger partial charge in [-0.05, 0) is 63.0 Å². The molecule has 1 fully saturated rings. The lowest BCUT2D eigenvalue weighted by Crippen LogP contribution is -2.32. The summed E-state index contributed by atoms with van der Waals surface area (Å²) in [4.78, 5) is 27.9. The maximum absolute atomic E-state index is 12.2. The zero-order chi connectivity index (χ0) is 19.5. The van der Waals surface area contributed by atoms with Gasteiger partial charge in [0.15, 0.2) is 5.12 Å². The van der Waals surface area contributed by atoms with Gasteiger partial charge in [0, 0.05) is 18.4 Å². The summed E-state index contributed by atoms with van der Waals surface area (Å²) in [6, 6.07) is 1.98. The molecule has 2 rings (SSSR count). The van der Waals surface area contributed by atoms with Crippen LogP contribution in [0, 0.1) is 11.8 Å². The summed E-state index contributed by atoms with van der Waals surface area (Å²) in [5.74, 6) is 1.19. The molecule has 26 heavy (non-hydrogen) atoms. The zero-order valence-electron chi connectivity index (χ0n) is 16.5. The first-order valence-corrected chi connectivity index (χ1v) is 10.1. The highest BCUT2D eigenvalue weighted by Gasteiger charge is 2.36. The van der Waals surface area contributed by atoms with Crippen molar-refractivity contribution in [1.82, 2.24) is 4.98 Å². The number of nitrogens with one attached hydrogen (secondary N) is 1. The van der Waals surface area contributed by atoms with E-state index in [0.29, 0.717) is 28.7 Å². The summed E-state index contributed by atoms with van der Waals surface area (Å²) in [6.45, 7) is 11.6. The number of anilines is 1. The molecule has 0 aliphatic heterocycles. The van der Waals surface area contributed by atoms with Crippen LogP contribution in [0.3, 0.4) is 0 Å². The first-order chi connectivity index (χ1) is 12.1. The number of pyridine rings is 1. The van der Waals surface area contributed by atoms with Gasteiger partial charge in [0.25, 0.3) is 0 Å². The van der Waals surface area contributed by atoms with E-state index < -0.39 is 11.7 Å². The number of thioether (sulfide) groups is 1. The van der Waals surface area contributed by atoms with Crippen LogP contribution in [0.4, 0.5) is 10.5 Å². The van der Waals surface area contributed by atoms with Gasteiger partial charge in [-0.2, -0.15) is 0 Å². The van der Waals surface area contributed by atoms with E-state index in [1.807, 2.05) is 26.8 Å². The third kappa shape index (κ3) is 5.73. The van der Waals surface area contributed by atoms with Gasteiger partial charge in [-0.1, -0.05) is 25.6 Å². The molecule has 1 N–H and O–H groups in total. The van der Waals surface area contributed by atoms with Crippen molar-refractivity contribution in [2.45, 2.75) is 71.2 Å². The highest BCUT2D eigenvalue weighted by atomic mass is 32.2. The highest BCUT2D eigenvalue weighted by Crippen LogP contribution is 2.45. The van der Waals surface area contributed by atoms with E-state index in [-0.39, 0.29) is 5.12 Å². The number of hydrogen-bond donors (Lipinski definition) is 1. The van der Waals surface area contributed by atoms with Crippen molar-refractivity contribution >= 4 is 28.7 Å². The summed E-state index contributed by atoms with van der Waals surface area (Å²) in [5, 5.41) is 3.39. The van der Waals surface area contributed by atoms with E-state index in [9.17, 15) is 9.59 Å². The van der Waals surface area contributed by atoms with Gasteiger partial charge >= 0.3 is 6.09 Å². The van der Waals surface area contributed by atoms with E-state index >= 15 is 0 Å². The van der Waals surface area contributed by atoms with Crippen LogP contribution in [-0.2, 0) is 9.53 Å². The van der Waals surface area contributed by atoms with Crippen LogP contribution in [0.25, 0.3) is 0 Å². The SMILES string of the molecule is CC(=O)SC1[C@H](C)CC(c2ccncc2NC(=O)OC(C)(C)C)C[C@@H]1C. The molecule has 2 unspecified atom stereocenters. The molecule has 1 aliphatic carbocycles. The molecule has 1 saturated carbocycles. The molecule has 5 nitrogen and oxygen atoms in total. The Labute approximate surface area is 160 Å². The Hall–Kier alpha value is -1.56. The monoisotopic (exact) mass is 378 g/mol. The van der Waals surface area contributed by atoms with Gasteiger partial charge in [0.1, 0.15) is 5.60 Å². The minimum absolute atomic E-state index is 0.184. The molecule has 4 atom stereocenters. The fraction of sp³-hybridized carbons (Fsp3) is 0.650. The molecule has 1 aromatic rings. The molecule has 0 radical (unpaired) electrons. The molecule has 1 aliphatic rings. The number of ether oxygens (including phenoxy) is 1.